The van der Waals surface area contributed by atoms with Crippen LogP contribution in [0.3, 0.4) is 0 Å². The minimum absolute atomic E-state index is 0.186. The van der Waals surface area contributed by atoms with Crippen molar-refractivity contribution in [3.05, 3.63) is 0 Å². The zero-order chi connectivity index (χ0) is 12.7. The Morgan fingerprint density at radius 3 is 2.94 bits per heavy atom. The number of carboxylic acid groups (broad SMARTS) is 1. The first-order valence-corrected chi connectivity index (χ1v) is 7.67. The molecule has 0 radical (unpaired) electrons. The third-order valence-corrected chi connectivity index (χ3v) is 4.46. The van der Waals surface area contributed by atoms with Gasteiger partial charge in [0, 0.05) is 5.75 Å². The lowest BCUT2D eigenvalue weighted by Gasteiger charge is -2.10. The average Bonchev–Trinajstić information content (AvgIpc) is 2.73. The minimum atomic E-state index is -0.792. The lowest BCUT2D eigenvalue weighted by atomic mass is 10.3. The fraction of sp³-hybridized carbons (Fsp3) is 0.800. The Bertz CT molecular complexity index is 275. The lowest BCUT2D eigenvalue weighted by Crippen LogP contribution is -2.36. The molecule has 98 valence electrons. The quantitative estimate of drug-likeness (QED) is 0.527. The third-order valence-electron chi connectivity index (χ3n) is 2.20. The molecule has 1 aliphatic rings. The van der Waals surface area contributed by atoms with Gasteiger partial charge in [-0.3, -0.25) is 14.9 Å². The van der Waals surface area contributed by atoms with Crippen LogP contribution in [-0.4, -0.2) is 52.3 Å². The van der Waals surface area contributed by atoms with Crippen LogP contribution in [0.2, 0.25) is 0 Å². The van der Waals surface area contributed by atoms with Crippen LogP contribution in [0.15, 0.2) is 0 Å². The van der Waals surface area contributed by atoms with Crippen molar-refractivity contribution in [1.82, 2.24) is 5.32 Å². The number of hydrogen-bond donors (Lipinski definition) is 2. The second kappa shape index (κ2) is 7.84. The number of nitrogens with one attached hydrogen (secondary N) is 1. The van der Waals surface area contributed by atoms with Crippen LogP contribution in [0.5, 0.6) is 0 Å². The number of hydrogen-bond acceptors (Lipinski definition) is 6. The van der Waals surface area contributed by atoms with E-state index >= 15 is 0 Å². The summed E-state index contributed by atoms with van der Waals surface area (Å²) in [5.41, 5.74) is 0. The zero-order valence-corrected chi connectivity index (χ0v) is 11.3. The van der Waals surface area contributed by atoms with Gasteiger partial charge in [-0.1, -0.05) is 0 Å². The number of carbonyl (C=O) groups excluding carboxylic acids is 1. The Balaban J connectivity index is 2.04. The van der Waals surface area contributed by atoms with Crippen molar-refractivity contribution in [2.75, 3.05) is 23.9 Å². The molecule has 1 saturated heterocycles. The van der Waals surface area contributed by atoms with Gasteiger partial charge in [0.25, 0.3) is 0 Å². The van der Waals surface area contributed by atoms with Crippen molar-refractivity contribution in [1.29, 1.82) is 0 Å². The Labute approximate surface area is 109 Å². The molecule has 0 aromatic heterocycles. The van der Waals surface area contributed by atoms with E-state index in [4.69, 9.17) is 9.84 Å². The van der Waals surface area contributed by atoms with E-state index in [9.17, 15) is 9.59 Å². The summed E-state index contributed by atoms with van der Waals surface area (Å²) in [5, 5.41) is 12.0. The van der Waals surface area contributed by atoms with Gasteiger partial charge in [0.15, 0.2) is 0 Å². The van der Waals surface area contributed by atoms with Crippen LogP contribution in [0, 0.1) is 0 Å². The molecule has 1 aliphatic heterocycles. The van der Waals surface area contributed by atoms with Gasteiger partial charge >= 0.3 is 11.9 Å². The summed E-state index contributed by atoms with van der Waals surface area (Å²) < 4.78 is 4.80. The molecule has 0 unspecified atom stereocenters. The molecule has 2 atom stereocenters. The van der Waals surface area contributed by atoms with Gasteiger partial charge in [-0.2, -0.15) is 11.8 Å². The first-order valence-electron chi connectivity index (χ1n) is 5.47. The Hall–Kier alpha value is -0.400. The second-order valence-corrected chi connectivity index (χ2v) is 5.87. The van der Waals surface area contributed by atoms with E-state index in [2.05, 4.69) is 5.32 Å². The van der Waals surface area contributed by atoms with Gasteiger partial charge in [0.2, 0.25) is 0 Å². The summed E-state index contributed by atoms with van der Waals surface area (Å²) in [6, 6.07) is -0.431. The van der Waals surface area contributed by atoms with E-state index in [1.165, 1.54) is 11.8 Å². The maximum absolute atomic E-state index is 11.0. The van der Waals surface area contributed by atoms with E-state index in [0.29, 0.717) is 18.1 Å². The summed E-state index contributed by atoms with van der Waals surface area (Å²) in [6.07, 6.45) is 0.860. The SMILES string of the molecule is CCOC(=O)CSCC[C@H]1N[C@@H](C(=O)O)CS1. The molecule has 1 rings (SSSR count). The van der Waals surface area contributed by atoms with Crippen molar-refractivity contribution in [2.24, 2.45) is 0 Å². The van der Waals surface area contributed by atoms with E-state index in [1.807, 2.05) is 0 Å². The van der Waals surface area contributed by atoms with Crippen LogP contribution in [0.1, 0.15) is 13.3 Å². The Morgan fingerprint density at radius 1 is 1.59 bits per heavy atom. The largest absolute Gasteiger partial charge is 0.480 e. The van der Waals surface area contributed by atoms with Crippen molar-refractivity contribution in [3.8, 4) is 0 Å². The molecule has 0 amide bonds. The molecule has 0 bridgehead atoms. The molecule has 0 aromatic rings. The molecule has 1 fully saturated rings. The summed E-state index contributed by atoms with van der Waals surface area (Å²) in [5.74, 6) is 0.832. The molecule has 0 spiro atoms. The lowest BCUT2D eigenvalue weighted by molar-refractivity contribution is -0.140. The van der Waals surface area contributed by atoms with Gasteiger partial charge in [-0.15, -0.1) is 11.8 Å². The van der Waals surface area contributed by atoms with Gasteiger partial charge in [-0.05, 0) is 19.1 Å². The molecule has 1 heterocycles. The number of thioether (sulfide) groups is 2. The first kappa shape index (κ1) is 14.7. The third kappa shape index (κ3) is 5.65. The standard InChI is InChI=1S/C10H17NO4S2/c1-2-15-9(12)6-16-4-3-8-11-7(5-17-8)10(13)14/h7-8,11H,2-6H2,1H3,(H,13,14)/t7-,8+/m1/s1. The van der Waals surface area contributed by atoms with Gasteiger partial charge in [-0.25, -0.2) is 0 Å². The smallest absolute Gasteiger partial charge is 0.321 e. The summed E-state index contributed by atoms with van der Waals surface area (Å²) >= 11 is 3.15. The highest BCUT2D eigenvalue weighted by Crippen LogP contribution is 2.22. The van der Waals surface area contributed by atoms with Gasteiger partial charge in [0.05, 0.1) is 17.7 Å². The number of carbonyl (C=O) groups is 2. The van der Waals surface area contributed by atoms with Crippen LogP contribution in [0.25, 0.3) is 0 Å². The average molecular weight is 279 g/mol. The van der Waals surface area contributed by atoms with E-state index in [1.54, 1.807) is 18.7 Å². The molecule has 0 aromatic carbocycles. The molecule has 7 heteroatoms. The van der Waals surface area contributed by atoms with Crippen LogP contribution in [-0.2, 0) is 14.3 Å². The van der Waals surface area contributed by atoms with Gasteiger partial charge in [0.1, 0.15) is 6.04 Å². The van der Waals surface area contributed by atoms with E-state index < -0.39 is 12.0 Å². The fourth-order valence-electron chi connectivity index (χ4n) is 1.39. The van der Waals surface area contributed by atoms with Crippen LogP contribution < -0.4 is 5.32 Å². The molecular weight excluding hydrogens is 262 g/mol. The summed E-state index contributed by atoms with van der Waals surface area (Å²) in [6.45, 7) is 2.20. The highest BCUT2D eigenvalue weighted by Gasteiger charge is 2.28. The van der Waals surface area contributed by atoms with Crippen molar-refractivity contribution >= 4 is 35.5 Å². The monoisotopic (exact) mass is 279 g/mol. The molecule has 0 aliphatic carbocycles. The van der Waals surface area contributed by atoms with Crippen LogP contribution >= 0.6 is 23.5 Å². The Morgan fingerprint density at radius 2 is 2.35 bits per heavy atom. The number of aliphatic carboxylic acids is 1. The minimum Gasteiger partial charge on any atom is -0.480 e. The van der Waals surface area contributed by atoms with Crippen LogP contribution in [0.4, 0.5) is 0 Å². The highest BCUT2D eigenvalue weighted by atomic mass is 32.2. The maximum Gasteiger partial charge on any atom is 0.321 e. The fourth-order valence-corrected chi connectivity index (χ4v) is 3.55. The summed E-state index contributed by atoms with van der Waals surface area (Å²) in [7, 11) is 0. The van der Waals surface area contributed by atoms with Gasteiger partial charge < -0.3 is 9.84 Å². The summed E-state index contributed by atoms with van der Waals surface area (Å²) in [4.78, 5) is 21.7. The van der Waals surface area contributed by atoms with Crippen molar-refractivity contribution < 1.29 is 19.4 Å². The predicted octanol–water partition coefficient (Wildman–Crippen LogP) is 0.788. The number of ether oxygens (including phenoxy) is 1. The van der Waals surface area contributed by atoms with Crippen molar-refractivity contribution in [3.63, 3.8) is 0 Å². The molecule has 5 nitrogen and oxygen atoms in total. The maximum atomic E-state index is 11.0. The topological polar surface area (TPSA) is 75.6 Å². The highest BCUT2D eigenvalue weighted by molar-refractivity contribution is 8.00. The van der Waals surface area contributed by atoms with E-state index in [-0.39, 0.29) is 11.3 Å². The van der Waals surface area contributed by atoms with Crippen molar-refractivity contribution in [2.45, 2.75) is 24.8 Å². The molecular formula is C10H17NO4S2. The second-order valence-electron chi connectivity index (χ2n) is 3.53. The predicted molar refractivity (Wildman–Crippen MR) is 69.4 cm³/mol. The molecule has 17 heavy (non-hydrogen) atoms. The van der Waals surface area contributed by atoms with E-state index in [0.717, 1.165) is 12.2 Å². The number of rotatable bonds is 7. The number of esters is 1. The zero-order valence-electron chi connectivity index (χ0n) is 9.68. The molecule has 0 saturated carbocycles. The molecule has 2 N–H and O–H groups in total. The first-order chi connectivity index (χ1) is 8.13. The normalized spacial score (nSPS) is 23.6. The Kier molecular flexibility index (Phi) is 6.76. The number of carboxylic acids is 1.